The molecule has 1 amide bonds. The van der Waals surface area contributed by atoms with E-state index in [9.17, 15) is 9.59 Å². The predicted molar refractivity (Wildman–Crippen MR) is 113 cm³/mol. The summed E-state index contributed by atoms with van der Waals surface area (Å²) in [6, 6.07) is 11.4. The van der Waals surface area contributed by atoms with Crippen LogP contribution in [0.2, 0.25) is 0 Å². The topological polar surface area (TPSA) is 89.8 Å². The minimum Gasteiger partial charge on any atom is -0.298 e. The lowest BCUT2D eigenvalue weighted by Crippen LogP contribution is -2.12. The SMILES string of the molecule is CC(=O)c1sc(NC(=O)c2cnc3c(cnn3C(C)C)c2)nc1-c1ccccc1. The fraction of sp³-hybridized carbons (Fsp3) is 0.190. The molecule has 0 fully saturated rings. The molecule has 29 heavy (non-hydrogen) atoms. The van der Waals surface area contributed by atoms with Crippen LogP contribution in [0, 0.1) is 0 Å². The zero-order valence-electron chi connectivity index (χ0n) is 16.2. The minimum atomic E-state index is -0.333. The van der Waals surface area contributed by atoms with E-state index in [2.05, 4.69) is 20.4 Å². The van der Waals surface area contributed by atoms with E-state index in [1.807, 2.05) is 48.9 Å². The van der Waals surface area contributed by atoms with Crippen LogP contribution in [0.15, 0.2) is 48.8 Å². The monoisotopic (exact) mass is 405 g/mol. The Morgan fingerprint density at radius 1 is 1.14 bits per heavy atom. The number of thiazole rings is 1. The van der Waals surface area contributed by atoms with Crippen molar-refractivity contribution in [3.63, 3.8) is 0 Å². The highest BCUT2D eigenvalue weighted by atomic mass is 32.1. The van der Waals surface area contributed by atoms with Gasteiger partial charge in [-0.3, -0.25) is 14.9 Å². The summed E-state index contributed by atoms with van der Waals surface area (Å²) < 4.78 is 1.81. The van der Waals surface area contributed by atoms with Crippen LogP contribution < -0.4 is 5.32 Å². The van der Waals surface area contributed by atoms with Gasteiger partial charge in [-0.2, -0.15) is 5.10 Å². The number of amides is 1. The Morgan fingerprint density at radius 2 is 1.90 bits per heavy atom. The van der Waals surface area contributed by atoms with Crippen LogP contribution in [-0.4, -0.2) is 31.4 Å². The van der Waals surface area contributed by atoms with Crippen molar-refractivity contribution in [2.45, 2.75) is 26.8 Å². The molecule has 0 aliphatic carbocycles. The van der Waals surface area contributed by atoms with Gasteiger partial charge in [0.1, 0.15) is 0 Å². The smallest absolute Gasteiger partial charge is 0.259 e. The second-order valence-electron chi connectivity index (χ2n) is 6.89. The number of nitrogens with zero attached hydrogens (tertiary/aromatic N) is 4. The average Bonchev–Trinajstić information content (AvgIpc) is 3.32. The first kappa shape index (κ1) is 18.9. The van der Waals surface area contributed by atoms with Crippen molar-refractivity contribution >= 4 is 39.2 Å². The number of fused-ring (bicyclic) bond motifs is 1. The van der Waals surface area contributed by atoms with Crippen LogP contribution in [0.5, 0.6) is 0 Å². The first-order valence-electron chi connectivity index (χ1n) is 9.16. The normalized spacial score (nSPS) is 11.2. The summed E-state index contributed by atoms with van der Waals surface area (Å²) >= 11 is 1.17. The van der Waals surface area contributed by atoms with Crippen molar-refractivity contribution in [2.75, 3.05) is 5.32 Å². The number of anilines is 1. The Bertz CT molecular complexity index is 1210. The van der Waals surface area contributed by atoms with Crippen LogP contribution in [0.25, 0.3) is 22.3 Å². The zero-order valence-corrected chi connectivity index (χ0v) is 17.0. The Labute approximate surface area is 171 Å². The number of rotatable bonds is 5. The first-order valence-corrected chi connectivity index (χ1v) is 9.97. The molecular weight excluding hydrogens is 386 g/mol. The van der Waals surface area contributed by atoms with Gasteiger partial charge >= 0.3 is 0 Å². The molecule has 4 rings (SSSR count). The van der Waals surface area contributed by atoms with E-state index in [4.69, 9.17) is 0 Å². The largest absolute Gasteiger partial charge is 0.298 e. The number of pyridine rings is 1. The maximum atomic E-state index is 12.7. The third-order valence-corrected chi connectivity index (χ3v) is 5.47. The number of hydrogen-bond donors (Lipinski definition) is 1. The van der Waals surface area contributed by atoms with Crippen molar-refractivity contribution in [2.24, 2.45) is 0 Å². The van der Waals surface area contributed by atoms with Gasteiger partial charge in [0.05, 0.1) is 22.3 Å². The van der Waals surface area contributed by atoms with Gasteiger partial charge in [-0.1, -0.05) is 41.7 Å². The lowest BCUT2D eigenvalue weighted by Gasteiger charge is -2.06. The number of nitrogens with one attached hydrogen (secondary N) is 1. The van der Waals surface area contributed by atoms with Crippen LogP contribution in [0.3, 0.4) is 0 Å². The van der Waals surface area contributed by atoms with Gasteiger partial charge in [0.2, 0.25) is 0 Å². The van der Waals surface area contributed by atoms with Gasteiger partial charge in [0.25, 0.3) is 5.91 Å². The number of aromatic nitrogens is 4. The van der Waals surface area contributed by atoms with E-state index in [0.29, 0.717) is 21.3 Å². The Morgan fingerprint density at radius 3 is 2.59 bits per heavy atom. The van der Waals surface area contributed by atoms with Crippen LogP contribution in [0.4, 0.5) is 5.13 Å². The molecule has 1 N–H and O–H groups in total. The van der Waals surface area contributed by atoms with E-state index < -0.39 is 0 Å². The van der Waals surface area contributed by atoms with Crippen molar-refractivity contribution in [3.05, 3.63) is 59.2 Å². The molecule has 3 heterocycles. The number of ketones is 1. The minimum absolute atomic E-state index is 0.0916. The quantitative estimate of drug-likeness (QED) is 0.491. The molecule has 0 atom stereocenters. The molecule has 0 saturated carbocycles. The molecular formula is C21H19N5O2S. The number of hydrogen-bond acceptors (Lipinski definition) is 6. The fourth-order valence-corrected chi connectivity index (χ4v) is 3.89. The lowest BCUT2D eigenvalue weighted by atomic mass is 10.1. The molecule has 3 aromatic heterocycles. The van der Waals surface area contributed by atoms with Gasteiger partial charge in [-0.15, -0.1) is 0 Å². The molecule has 0 unspecified atom stereocenters. The molecule has 0 bridgehead atoms. The van der Waals surface area contributed by atoms with E-state index in [1.54, 1.807) is 12.3 Å². The third kappa shape index (κ3) is 3.66. The molecule has 0 aliphatic rings. The average molecular weight is 405 g/mol. The summed E-state index contributed by atoms with van der Waals surface area (Å²) in [4.78, 5) is 34.2. The molecule has 0 spiro atoms. The second-order valence-corrected chi connectivity index (χ2v) is 7.89. The molecule has 1 aromatic carbocycles. The van der Waals surface area contributed by atoms with Gasteiger partial charge in [0, 0.05) is 30.1 Å². The highest BCUT2D eigenvalue weighted by Crippen LogP contribution is 2.31. The van der Waals surface area contributed by atoms with E-state index >= 15 is 0 Å². The van der Waals surface area contributed by atoms with Crippen LogP contribution in [-0.2, 0) is 0 Å². The number of Topliss-reactive ketones (excluding diaryl/α,β-unsaturated/α-hetero) is 1. The van der Waals surface area contributed by atoms with Crippen molar-refractivity contribution in [1.29, 1.82) is 0 Å². The standard InChI is InChI=1S/C21H19N5O2S/c1-12(2)26-19-15(11-23-26)9-16(10-22-19)20(28)25-21-24-17(18(29-21)13(3)27)14-7-5-4-6-8-14/h4-12H,1-3H3,(H,24,25,28). The van der Waals surface area contributed by atoms with Crippen molar-refractivity contribution < 1.29 is 9.59 Å². The highest BCUT2D eigenvalue weighted by molar-refractivity contribution is 7.18. The van der Waals surface area contributed by atoms with E-state index in [-0.39, 0.29) is 17.7 Å². The molecule has 0 saturated heterocycles. The lowest BCUT2D eigenvalue weighted by molar-refractivity contribution is 0.101. The van der Waals surface area contributed by atoms with E-state index in [1.165, 1.54) is 24.5 Å². The molecule has 0 radical (unpaired) electrons. The fourth-order valence-electron chi connectivity index (χ4n) is 3.02. The maximum Gasteiger partial charge on any atom is 0.259 e. The highest BCUT2D eigenvalue weighted by Gasteiger charge is 2.19. The van der Waals surface area contributed by atoms with Gasteiger partial charge in [-0.05, 0) is 19.9 Å². The van der Waals surface area contributed by atoms with Gasteiger partial charge < -0.3 is 0 Å². The predicted octanol–water partition coefficient (Wildman–Crippen LogP) is 4.59. The van der Waals surface area contributed by atoms with Gasteiger partial charge in [0.15, 0.2) is 16.6 Å². The zero-order chi connectivity index (χ0) is 20.5. The number of carbonyl (C=O) groups is 2. The van der Waals surface area contributed by atoms with Crippen molar-refractivity contribution in [1.82, 2.24) is 19.7 Å². The van der Waals surface area contributed by atoms with Crippen LogP contribution >= 0.6 is 11.3 Å². The molecule has 7 nitrogen and oxygen atoms in total. The maximum absolute atomic E-state index is 12.7. The van der Waals surface area contributed by atoms with Crippen LogP contribution in [0.1, 0.15) is 46.8 Å². The summed E-state index contributed by atoms with van der Waals surface area (Å²) in [5.74, 6) is -0.425. The summed E-state index contributed by atoms with van der Waals surface area (Å²) in [6.45, 7) is 5.54. The third-order valence-electron chi connectivity index (χ3n) is 4.40. The first-order chi connectivity index (χ1) is 13.9. The molecule has 146 valence electrons. The Kier molecular flexibility index (Phi) is 4.94. The summed E-state index contributed by atoms with van der Waals surface area (Å²) in [5, 5.41) is 8.27. The van der Waals surface area contributed by atoms with E-state index in [0.717, 1.165) is 16.6 Å². The Hall–Kier alpha value is -3.39. The van der Waals surface area contributed by atoms with Crippen molar-refractivity contribution in [3.8, 4) is 11.3 Å². The molecule has 4 aromatic rings. The Balaban J connectivity index is 1.63. The molecule has 8 heteroatoms. The molecule has 0 aliphatic heterocycles. The number of benzene rings is 1. The second kappa shape index (κ2) is 7.56. The summed E-state index contributed by atoms with van der Waals surface area (Å²) in [7, 11) is 0. The number of carbonyl (C=O) groups excluding carboxylic acids is 2. The summed E-state index contributed by atoms with van der Waals surface area (Å²) in [5.41, 5.74) is 2.54. The van der Waals surface area contributed by atoms with Gasteiger partial charge in [-0.25, -0.2) is 14.6 Å². The summed E-state index contributed by atoms with van der Waals surface area (Å²) in [6.07, 6.45) is 3.22.